The van der Waals surface area contributed by atoms with Gasteiger partial charge in [-0.1, -0.05) is 20.8 Å². The van der Waals surface area contributed by atoms with Crippen molar-refractivity contribution in [2.24, 2.45) is 7.05 Å². The Bertz CT molecular complexity index is 919. The molecule has 0 amide bonds. The molecule has 8 heteroatoms. The summed E-state index contributed by atoms with van der Waals surface area (Å²) in [6.07, 6.45) is 3.18. The number of rotatable bonds is 5. The molecule has 1 fully saturated rings. The SMILES string of the molecule is Cn1cc(CN2CCN(CCn3nc(C(C)(C)C)ccc3=O)CC2)ncc1=O. The lowest BCUT2D eigenvalue weighted by atomic mass is 9.92. The summed E-state index contributed by atoms with van der Waals surface area (Å²) in [6, 6.07) is 3.44. The first kappa shape index (κ1) is 20.4. The molecule has 0 bridgehead atoms. The predicted octanol–water partition coefficient (Wildman–Crippen LogP) is 0.452. The van der Waals surface area contributed by atoms with Crippen LogP contribution in [-0.4, -0.2) is 61.9 Å². The number of piperazine rings is 1. The van der Waals surface area contributed by atoms with Crippen LogP contribution in [0.5, 0.6) is 0 Å². The molecule has 0 atom stereocenters. The van der Waals surface area contributed by atoms with Crippen molar-refractivity contribution in [1.82, 2.24) is 29.1 Å². The third-order valence-electron chi connectivity index (χ3n) is 5.14. The molecule has 1 aliphatic rings. The van der Waals surface area contributed by atoms with E-state index in [0.717, 1.165) is 50.7 Å². The zero-order valence-electron chi connectivity index (χ0n) is 17.3. The molecule has 0 aromatic carbocycles. The first-order valence-electron chi connectivity index (χ1n) is 9.77. The molecule has 0 unspecified atom stereocenters. The van der Waals surface area contributed by atoms with E-state index in [-0.39, 0.29) is 16.5 Å². The summed E-state index contributed by atoms with van der Waals surface area (Å²) in [7, 11) is 1.75. The molecule has 8 nitrogen and oxygen atoms in total. The highest BCUT2D eigenvalue weighted by Crippen LogP contribution is 2.18. The van der Waals surface area contributed by atoms with Gasteiger partial charge in [0.05, 0.1) is 24.1 Å². The molecule has 0 N–H and O–H groups in total. The molecular weight excluding hydrogens is 356 g/mol. The fourth-order valence-electron chi connectivity index (χ4n) is 3.28. The van der Waals surface area contributed by atoms with Gasteiger partial charge < -0.3 is 4.57 Å². The predicted molar refractivity (Wildman–Crippen MR) is 108 cm³/mol. The van der Waals surface area contributed by atoms with Crippen LogP contribution >= 0.6 is 0 Å². The normalized spacial score (nSPS) is 16.4. The van der Waals surface area contributed by atoms with E-state index in [2.05, 4.69) is 40.7 Å². The number of nitrogens with zero attached hydrogens (tertiary/aromatic N) is 6. The van der Waals surface area contributed by atoms with Gasteiger partial charge in [0.25, 0.3) is 11.1 Å². The van der Waals surface area contributed by atoms with Gasteiger partial charge in [-0.25, -0.2) is 4.68 Å². The average molecular weight is 387 g/mol. The summed E-state index contributed by atoms with van der Waals surface area (Å²) >= 11 is 0. The van der Waals surface area contributed by atoms with Crippen LogP contribution in [0.15, 0.2) is 34.1 Å². The summed E-state index contributed by atoms with van der Waals surface area (Å²) < 4.78 is 3.15. The number of aromatic nitrogens is 4. The topological polar surface area (TPSA) is 76.3 Å². The zero-order chi connectivity index (χ0) is 20.3. The largest absolute Gasteiger partial charge is 0.315 e. The molecule has 2 aromatic heterocycles. The van der Waals surface area contributed by atoms with E-state index in [1.165, 1.54) is 6.20 Å². The van der Waals surface area contributed by atoms with E-state index in [4.69, 9.17) is 0 Å². The Labute approximate surface area is 165 Å². The fraction of sp³-hybridized carbons (Fsp3) is 0.600. The maximum atomic E-state index is 12.1. The van der Waals surface area contributed by atoms with Crippen molar-refractivity contribution in [1.29, 1.82) is 0 Å². The molecule has 1 saturated heterocycles. The van der Waals surface area contributed by atoms with E-state index in [0.29, 0.717) is 6.54 Å². The van der Waals surface area contributed by atoms with Crippen molar-refractivity contribution in [2.45, 2.75) is 39.3 Å². The van der Waals surface area contributed by atoms with Crippen molar-refractivity contribution < 1.29 is 0 Å². The van der Waals surface area contributed by atoms with Gasteiger partial charge in [-0.15, -0.1) is 0 Å². The second-order valence-electron chi connectivity index (χ2n) is 8.48. The monoisotopic (exact) mass is 386 g/mol. The quantitative estimate of drug-likeness (QED) is 0.743. The Morgan fingerprint density at radius 3 is 2.29 bits per heavy atom. The number of hydrogen-bond donors (Lipinski definition) is 0. The molecule has 28 heavy (non-hydrogen) atoms. The van der Waals surface area contributed by atoms with E-state index < -0.39 is 0 Å². The standard InChI is InChI=1S/C20H30N6O2/c1-20(2,3)17-5-6-18(27)26(22-17)12-11-24-7-9-25(10-8-24)15-16-14-23(4)19(28)13-21-16/h5-6,13-14H,7-12,15H2,1-4H3. The molecule has 0 saturated carbocycles. The van der Waals surface area contributed by atoms with E-state index >= 15 is 0 Å². The van der Waals surface area contributed by atoms with Crippen molar-refractivity contribution in [3.05, 3.63) is 56.6 Å². The molecule has 152 valence electrons. The summed E-state index contributed by atoms with van der Waals surface area (Å²) in [5, 5.41) is 4.55. The maximum absolute atomic E-state index is 12.1. The van der Waals surface area contributed by atoms with Gasteiger partial charge >= 0.3 is 0 Å². The molecule has 0 radical (unpaired) electrons. The van der Waals surface area contributed by atoms with Crippen LogP contribution in [-0.2, 0) is 25.6 Å². The highest BCUT2D eigenvalue weighted by molar-refractivity contribution is 5.10. The number of aryl methyl sites for hydroxylation is 1. The molecule has 0 aliphatic carbocycles. The summed E-state index contributed by atoms with van der Waals surface area (Å²) in [4.78, 5) is 32.5. The summed E-state index contributed by atoms with van der Waals surface area (Å²) in [5.41, 5.74) is 1.63. The van der Waals surface area contributed by atoms with Gasteiger partial charge in [-0.3, -0.25) is 24.4 Å². The van der Waals surface area contributed by atoms with Crippen LogP contribution in [0.2, 0.25) is 0 Å². The lowest BCUT2D eigenvalue weighted by Gasteiger charge is -2.34. The van der Waals surface area contributed by atoms with Crippen LogP contribution in [0.25, 0.3) is 0 Å². The zero-order valence-corrected chi connectivity index (χ0v) is 17.3. The smallest absolute Gasteiger partial charge is 0.268 e. The van der Waals surface area contributed by atoms with Crippen LogP contribution in [0.4, 0.5) is 0 Å². The Morgan fingerprint density at radius 2 is 1.64 bits per heavy atom. The lowest BCUT2D eigenvalue weighted by Crippen LogP contribution is -2.47. The van der Waals surface area contributed by atoms with E-state index in [1.807, 2.05) is 6.07 Å². The Balaban J connectivity index is 1.51. The van der Waals surface area contributed by atoms with Crippen LogP contribution < -0.4 is 11.1 Å². The lowest BCUT2D eigenvalue weighted by molar-refractivity contribution is 0.121. The number of hydrogen-bond acceptors (Lipinski definition) is 6. The third-order valence-corrected chi connectivity index (χ3v) is 5.14. The van der Waals surface area contributed by atoms with Crippen LogP contribution in [0, 0.1) is 0 Å². The molecule has 0 spiro atoms. The van der Waals surface area contributed by atoms with Crippen molar-refractivity contribution >= 4 is 0 Å². The maximum Gasteiger partial charge on any atom is 0.268 e. The molecule has 3 heterocycles. The molecule has 2 aromatic rings. The van der Waals surface area contributed by atoms with Crippen molar-refractivity contribution in [3.63, 3.8) is 0 Å². The van der Waals surface area contributed by atoms with Gasteiger partial charge in [-0.05, 0) is 6.07 Å². The first-order valence-corrected chi connectivity index (χ1v) is 9.77. The van der Waals surface area contributed by atoms with Crippen LogP contribution in [0.1, 0.15) is 32.2 Å². The van der Waals surface area contributed by atoms with Crippen molar-refractivity contribution in [3.8, 4) is 0 Å². The van der Waals surface area contributed by atoms with Crippen LogP contribution in [0.3, 0.4) is 0 Å². The highest BCUT2D eigenvalue weighted by Gasteiger charge is 2.19. The van der Waals surface area contributed by atoms with Gasteiger partial charge in [0.1, 0.15) is 0 Å². The van der Waals surface area contributed by atoms with Gasteiger partial charge in [-0.2, -0.15) is 5.10 Å². The van der Waals surface area contributed by atoms with Crippen molar-refractivity contribution in [2.75, 3.05) is 32.7 Å². The minimum Gasteiger partial charge on any atom is -0.315 e. The minimum atomic E-state index is -0.0899. The second-order valence-corrected chi connectivity index (χ2v) is 8.48. The third kappa shape index (κ3) is 5.14. The minimum absolute atomic E-state index is 0.0487. The Kier molecular flexibility index (Phi) is 6.10. The Morgan fingerprint density at radius 1 is 0.964 bits per heavy atom. The van der Waals surface area contributed by atoms with Gasteiger partial charge in [0, 0.05) is 64.0 Å². The first-order chi connectivity index (χ1) is 13.2. The summed E-state index contributed by atoms with van der Waals surface area (Å²) in [5.74, 6) is 0. The summed E-state index contributed by atoms with van der Waals surface area (Å²) in [6.45, 7) is 12.2. The highest BCUT2D eigenvalue weighted by atomic mass is 16.1. The van der Waals surface area contributed by atoms with E-state index in [9.17, 15) is 9.59 Å². The molecule has 1 aliphatic heterocycles. The fourth-order valence-corrected chi connectivity index (χ4v) is 3.28. The molecular formula is C20H30N6O2. The second kappa shape index (κ2) is 8.36. The van der Waals surface area contributed by atoms with E-state index in [1.54, 1.807) is 28.6 Å². The van der Waals surface area contributed by atoms with Gasteiger partial charge in [0.2, 0.25) is 0 Å². The molecule has 3 rings (SSSR count). The average Bonchev–Trinajstić information content (AvgIpc) is 2.64. The Hall–Kier alpha value is -2.32. The van der Waals surface area contributed by atoms with Gasteiger partial charge in [0.15, 0.2) is 0 Å².